The molecule has 3 N–H and O–H groups in total. The van der Waals surface area contributed by atoms with Gasteiger partial charge in [-0.25, -0.2) is 4.98 Å². The molecule has 4 nitrogen and oxygen atoms in total. The van der Waals surface area contributed by atoms with Crippen LogP contribution < -0.4 is 5.73 Å². The first kappa shape index (κ1) is 10.6. The van der Waals surface area contributed by atoms with Gasteiger partial charge in [-0.15, -0.1) is 0 Å². The molecule has 0 aliphatic heterocycles. The summed E-state index contributed by atoms with van der Waals surface area (Å²) in [7, 11) is 0. The molecule has 0 aromatic carbocycles. The third-order valence-corrected chi connectivity index (χ3v) is 2.02. The Balaban J connectivity index is 2.94. The Kier molecular flexibility index (Phi) is 2.84. The molecule has 0 saturated carbocycles. The molecule has 0 amide bonds. The molecule has 0 radical (unpaired) electrons. The number of hydrogen-bond acceptors (Lipinski definition) is 4. The third kappa shape index (κ3) is 2.28. The fourth-order valence-electron chi connectivity index (χ4n) is 1.06. The zero-order valence-electron chi connectivity index (χ0n) is 8.23. The van der Waals surface area contributed by atoms with Crippen molar-refractivity contribution in [1.82, 2.24) is 4.98 Å². The van der Waals surface area contributed by atoms with Crippen LogP contribution in [0.2, 0.25) is 0 Å². The summed E-state index contributed by atoms with van der Waals surface area (Å²) in [4.78, 5) is 3.88. The second-order valence-electron chi connectivity index (χ2n) is 3.72. The van der Waals surface area contributed by atoms with Crippen molar-refractivity contribution in [2.75, 3.05) is 0 Å². The predicted molar refractivity (Wildman–Crippen MR) is 52.2 cm³/mol. The molecule has 4 heteroatoms. The quantitative estimate of drug-likeness (QED) is 0.721. The zero-order chi connectivity index (χ0) is 10.8. The van der Waals surface area contributed by atoms with Crippen LogP contribution in [0.25, 0.3) is 0 Å². The first-order valence-electron chi connectivity index (χ1n) is 4.29. The fourth-order valence-corrected chi connectivity index (χ4v) is 1.06. The van der Waals surface area contributed by atoms with Gasteiger partial charge >= 0.3 is 0 Å². The average molecular weight is 191 g/mol. The number of nitrogens with zero attached hydrogens (tertiary/aromatic N) is 2. The van der Waals surface area contributed by atoms with Gasteiger partial charge in [-0.05, 0) is 25.5 Å². The standard InChI is InChI=1S/C10H13N3O/c1-10(2,14)9(12)7-3-4-8(5-11)13-6-7/h3-4,6,9,14H,12H2,1-2H3. The highest BCUT2D eigenvalue weighted by Crippen LogP contribution is 2.21. The molecule has 0 spiro atoms. The molecule has 1 heterocycles. The summed E-state index contributed by atoms with van der Waals surface area (Å²) >= 11 is 0. The van der Waals surface area contributed by atoms with E-state index in [1.807, 2.05) is 6.07 Å². The van der Waals surface area contributed by atoms with Gasteiger partial charge in [0.05, 0.1) is 11.6 Å². The number of nitriles is 1. The Morgan fingerprint density at radius 2 is 2.21 bits per heavy atom. The molecule has 1 rings (SSSR count). The van der Waals surface area contributed by atoms with E-state index in [4.69, 9.17) is 11.0 Å². The van der Waals surface area contributed by atoms with Crippen LogP contribution in [0.15, 0.2) is 18.3 Å². The molecule has 14 heavy (non-hydrogen) atoms. The minimum atomic E-state index is -0.990. The van der Waals surface area contributed by atoms with E-state index < -0.39 is 11.6 Å². The lowest BCUT2D eigenvalue weighted by Crippen LogP contribution is -2.35. The number of rotatable bonds is 2. The number of hydrogen-bond donors (Lipinski definition) is 2. The number of aliphatic hydroxyl groups is 1. The summed E-state index contributed by atoms with van der Waals surface area (Å²) in [5, 5.41) is 18.2. The molecule has 1 atom stereocenters. The van der Waals surface area contributed by atoms with E-state index in [0.717, 1.165) is 5.56 Å². The smallest absolute Gasteiger partial charge is 0.140 e. The Bertz CT molecular complexity index is 345. The van der Waals surface area contributed by atoms with Gasteiger partial charge in [-0.3, -0.25) is 0 Å². The normalized spacial score (nSPS) is 13.4. The lowest BCUT2D eigenvalue weighted by atomic mass is 9.94. The maximum atomic E-state index is 9.65. The third-order valence-electron chi connectivity index (χ3n) is 2.02. The van der Waals surface area contributed by atoms with Gasteiger partial charge in [-0.2, -0.15) is 5.26 Å². The summed E-state index contributed by atoms with van der Waals surface area (Å²) in [6.07, 6.45) is 1.52. The van der Waals surface area contributed by atoms with Gasteiger partial charge in [-0.1, -0.05) is 6.07 Å². The van der Waals surface area contributed by atoms with Crippen LogP contribution >= 0.6 is 0 Å². The monoisotopic (exact) mass is 191 g/mol. The van der Waals surface area contributed by atoms with E-state index in [1.54, 1.807) is 26.0 Å². The Labute approximate surface area is 83.0 Å². The Morgan fingerprint density at radius 3 is 2.57 bits per heavy atom. The molecule has 0 aliphatic carbocycles. The van der Waals surface area contributed by atoms with Crippen LogP contribution in [-0.4, -0.2) is 15.7 Å². The van der Waals surface area contributed by atoms with Crippen molar-refractivity contribution in [1.29, 1.82) is 5.26 Å². The van der Waals surface area contributed by atoms with Crippen molar-refractivity contribution < 1.29 is 5.11 Å². The molecule has 0 bridgehead atoms. The topological polar surface area (TPSA) is 82.9 Å². The van der Waals surface area contributed by atoms with Gasteiger partial charge in [0, 0.05) is 6.20 Å². The number of pyridine rings is 1. The van der Waals surface area contributed by atoms with Crippen molar-refractivity contribution in [3.8, 4) is 6.07 Å². The fraction of sp³-hybridized carbons (Fsp3) is 0.400. The summed E-state index contributed by atoms with van der Waals surface area (Å²) in [5.41, 5.74) is 5.86. The lowest BCUT2D eigenvalue weighted by Gasteiger charge is -2.25. The first-order valence-corrected chi connectivity index (χ1v) is 4.29. The van der Waals surface area contributed by atoms with Crippen LogP contribution in [0.5, 0.6) is 0 Å². The summed E-state index contributed by atoms with van der Waals surface area (Å²) in [6.45, 7) is 3.27. The molecule has 0 saturated heterocycles. The van der Waals surface area contributed by atoms with E-state index in [9.17, 15) is 5.11 Å². The Morgan fingerprint density at radius 1 is 1.57 bits per heavy atom. The second-order valence-corrected chi connectivity index (χ2v) is 3.72. The summed E-state index contributed by atoms with van der Waals surface area (Å²) in [6, 6.07) is 4.71. The van der Waals surface area contributed by atoms with E-state index in [0.29, 0.717) is 5.69 Å². The van der Waals surface area contributed by atoms with Crippen LogP contribution in [-0.2, 0) is 0 Å². The number of nitrogens with two attached hydrogens (primary N) is 1. The minimum absolute atomic E-state index is 0.344. The van der Waals surface area contributed by atoms with Gasteiger partial charge in [0.15, 0.2) is 0 Å². The zero-order valence-corrected chi connectivity index (χ0v) is 8.23. The van der Waals surface area contributed by atoms with Crippen molar-refractivity contribution in [2.24, 2.45) is 5.73 Å². The average Bonchev–Trinajstić information content (AvgIpc) is 2.15. The molecule has 1 aromatic rings. The largest absolute Gasteiger partial charge is 0.388 e. The summed E-state index contributed by atoms with van der Waals surface area (Å²) in [5.74, 6) is 0. The van der Waals surface area contributed by atoms with Crippen molar-refractivity contribution in [3.05, 3.63) is 29.6 Å². The van der Waals surface area contributed by atoms with E-state index in [2.05, 4.69) is 4.98 Å². The molecule has 1 aromatic heterocycles. The van der Waals surface area contributed by atoms with Crippen LogP contribution in [0.3, 0.4) is 0 Å². The highest BCUT2D eigenvalue weighted by Gasteiger charge is 2.24. The van der Waals surface area contributed by atoms with Crippen LogP contribution in [0, 0.1) is 11.3 Å². The molecule has 0 fully saturated rings. The van der Waals surface area contributed by atoms with E-state index in [-0.39, 0.29) is 0 Å². The van der Waals surface area contributed by atoms with Crippen molar-refractivity contribution in [2.45, 2.75) is 25.5 Å². The minimum Gasteiger partial charge on any atom is -0.388 e. The number of aromatic nitrogens is 1. The molecule has 0 aliphatic rings. The van der Waals surface area contributed by atoms with Gasteiger partial charge in [0.1, 0.15) is 11.8 Å². The molecule has 1 unspecified atom stereocenters. The lowest BCUT2D eigenvalue weighted by molar-refractivity contribution is 0.0516. The predicted octanol–water partition coefficient (Wildman–Crippen LogP) is 0.724. The van der Waals surface area contributed by atoms with Gasteiger partial charge in [0.25, 0.3) is 0 Å². The van der Waals surface area contributed by atoms with Crippen LogP contribution in [0.4, 0.5) is 0 Å². The maximum Gasteiger partial charge on any atom is 0.140 e. The van der Waals surface area contributed by atoms with Crippen molar-refractivity contribution >= 4 is 0 Å². The molecule has 74 valence electrons. The SMILES string of the molecule is CC(C)(O)C(N)c1ccc(C#N)nc1. The molecular formula is C10H13N3O. The molecular weight excluding hydrogens is 178 g/mol. The maximum absolute atomic E-state index is 9.65. The van der Waals surface area contributed by atoms with E-state index >= 15 is 0 Å². The highest BCUT2D eigenvalue weighted by atomic mass is 16.3. The summed E-state index contributed by atoms with van der Waals surface area (Å²) < 4.78 is 0. The first-order chi connectivity index (χ1) is 6.45. The van der Waals surface area contributed by atoms with Crippen molar-refractivity contribution in [3.63, 3.8) is 0 Å². The van der Waals surface area contributed by atoms with E-state index in [1.165, 1.54) is 6.20 Å². The Hall–Kier alpha value is -1.44. The van der Waals surface area contributed by atoms with Gasteiger partial charge in [0.2, 0.25) is 0 Å². The highest BCUT2D eigenvalue weighted by molar-refractivity contribution is 5.25. The van der Waals surface area contributed by atoms with Crippen LogP contribution in [0.1, 0.15) is 31.1 Å². The van der Waals surface area contributed by atoms with Gasteiger partial charge < -0.3 is 10.8 Å². The second kappa shape index (κ2) is 3.74.